The third-order valence-electron chi connectivity index (χ3n) is 3.50. The van der Waals surface area contributed by atoms with Gasteiger partial charge in [0, 0.05) is 16.6 Å². The molecular formula is C18H16ClN3OS. The van der Waals surface area contributed by atoms with Crippen LogP contribution in [-0.2, 0) is 11.2 Å². The monoisotopic (exact) mass is 357 g/mol. The van der Waals surface area contributed by atoms with Gasteiger partial charge in [-0.3, -0.25) is 9.78 Å². The van der Waals surface area contributed by atoms with Gasteiger partial charge < -0.3 is 5.32 Å². The van der Waals surface area contributed by atoms with Gasteiger partial charge in [-0.05, 0) is 36.8 Å². The van der Waals surface area contributed by atoms with E-state index in [2.05, 4.69) is 15.3 Å². The summed E-state index contributed by atoms with van der Waals surface area (Å²) in [4.78, 5) is 21.0. The highest BCUT2D eigenvalue weighted by Crippen LogP contribution is 2.22. The van der Waals surface area contributed by atoms with Crippen LogP contribution >= 0.6 is 22.9 Å². The Balaban J connectivity index is 1.62. The SMILES string of the molecule is CC(NC(=O)Cc1csc(-c2ccccn2)n1)c1cccc(Cl)c1. The van der Waals surface area contributed by atoms with Crippen LogP contribution < -0.4 is 5.32 Å². The van der Waals surface area contributed by atoms with Crippen LogP contribution in [-0.4, -0.2) is 15.9 Å². The average Bonchev–Trinajstić information content (AvgIpc) is 3.04. The van der Waals surface area contributed by atoms with Gasteiger partial charge in [-0.2, -0.15) is 0 Å². The molecule has 3 rings (SSSR count). The Morgan fingerprint density at radius 2 is 2.17 bits per heavy atom. The molecule has 0 radical (unpaired) electrons. The number of carbonyl (C=O) groups excluding carboxylic acids is 1. The molecule has 2 aromatic heterocycles. The number of hydrogen-bond donors (Lipinski definition) is 1. The van der Waals surface area contributed by atoms with Crippen LogP contribution in [0, 0.1) is 0 Å². The van der Waals surface area contributed by atoms with E-state index in [0.29, 0.717) is 5.02 Å². The van der Waals surface area contributed by atoms with Crippen molar-refractivity contribution in [1.82, 2.24) is 15.3 Å². The zero-order chi connectivity index (χ0) is 16.9. The lowest BCUT2D eigenvalue weighted by Gasteiger charge is -2.14. The number of nitrogens with one attached hydrogen (secondary N) is 1. The number of aromatic nitrogens is 2. The highest BCUT2D eigenvalue weighted by Gasteiger charge is 2.13. The molecule has 2 heterocycles. The number of pyridine rings is 1. The van der Waals surface area contributed by atoms with Crippen LogP contribution in [0.25, 0.3) is 10.7 Å². The van der Waals surface area contributed by atoms with Crippen LogP contribution in [0.4, 0.5) is 0 Å². The van der Waals surface area contributed by atoms with E-state index in [1.165, 1.54) is 11.3 Å². The van der Waals surface area contributed by atoms with Gasteiger partial charge in [0.15, 0.2) is 0 Å². The van der Waals surface area contributed by atoms with E-state index in [4.69, 9.17) is 11.6 Å². The molecule has 122 valence electrons. The highest BCUT2D eigenvalue weighted by atomic mass is 35.5. The molecule has 0 aliphatic rings. The van der Waals surface area contributed by atoms with Crippen molar-refractivity contribution in [2.24, 2.45) is 0 Å². The third kappa shape index (κ3) is 4.19. The molecule has 0 saturated carbocycles. The maximum atomic E-state index is 12.2. The van der Waals surface area contributed by atoms with Gasteiger partial charge >= 0.3 is 0 Å². The second kappa shape index (κ2) is 7.55. The Kier molecular flexibility index (Phi) is 5.23. The molecule has 3 aromatic rings. The first-order valence-corrected chi connectivity index (χ1v) is 8.78. The van der Waals surface area contributed by atoms with Gasteiger partial charge in [-0.1, -0.05) is 29.8 Å². The zero-order valence-electron chi connectivity index (χ0n) is 13.1. The average molecular weight is 358 g/mol. The van der Waals surface area contributed by atoms with Crippen LogP contribution in [0.3, 0.4) is 0 Å². The number of halogens is 1. The van der Waals surface area contributed by atoms with E-state index in [-0.39, 0.29) is 18.4 Å². The van der Waals surface area contributed by atoms with Gasteiger partial charge in [0.1, 0.15) is 5.01 Å². The summed E-state index contributed by atoms with van der Waals surface area (Å²) in [6.45, 7) is 1.93. The molecule has 1 unspecified atom stereocenters. The first kappa shape index (κ1) is 16.6. The fourth-order valence-corrected chi connectivity index (χ4v) is 3.31. The second-order valence-corrected chi connectivity index (χ2v) is 6.67. The predicted octanol–water partition coefficient (Wildman–Crippen LogP) is 4.28. The highest BCUT2D eigenvalue weighted by molar-refractivity contribution is 7.13. The fourth-order valence-electron chi connectivity index (χ4n) is 2.31. The summed E-state index contributed by atoms with van der Waals surface area (Å²) < 4.78 is 0. The minimum atomic E-state index is -0.106. The largest absolute Gasteiger partial charge is 0.349 e. The van der Waals surface area contributed by atoms with E-state index in [1.807, 2.05) is 54.8 Å². The van der Waals surface area contributed by atoms with Gasteiger partial charge in [-0.25, -0.2) is 4.98 Å². The molecule has 0 aliphatic heterocycles. The van der Waals surface area contributed by atoms with Crippen molar-refractivity contribution in [3.8, 4) is 10.7 Å². The molecule has 6 heteroatoms. The first-order chi connectivity index (χ1) is 11.6. The van der Waals surface area contributed by atoms with Crippen LogP contribution in [0.15, 0.2) is 54.0 Å². The molecular weight excluding hydrogens is 342 g/mol. The van der Waals surface area contributed by atoms with E-state index in [1.54, 1.807) is 6.20 Å². The molecule has 4 nitrogen and oxygen atoms in total. The summed E-state index contributed by atoms with van der Waals surface area (Å²) in [6, 6.07) is 13.1. The Morgan fingerprint density at radius 3 is 2.92 bits per heavy atom. The Hall–Kier alpha value is -2.24. The molecule has 1 N–H and O–H groups in total. The molecule has 24 heavy (non-hydrogen) atoms. The van der Waals surface area contributed by atoms with E-state index >= 15 is 0 Å². The van der Waals surface area contributed by atoms with Crippen molar-refractivity contribution >= 4 is 28.8 Å². The number of carbonyl (C=O) groups is 1. The minimum Gasteiger partial charge on any atom is -0.349 e. The third-order valence-corrected chi connectivity index (χ3v) is 4.65. The lowest BCUT2D eigenvalue weighted by molar-refractivity contribution is -0.121. The second-order valence-electron chi connectivity index (χ2n) is 5.38. The minimum absolute atomic E-state index is 0.0691. The molecule has 1 atom stereocenters. The molecule has 0 spiro atoms. The van der Waals surface area contributed by atoms with Gasteiger partial charge in [0.2, 0.25) is 5.91 Å². The van der Waals surface area contributed by atoms with E-state index in [0.717, 1.165) is 22.0 Å². The summed E-state index contributed by atoms with van der Waals surface area (Å²) in [5, 5.41) is 6.35. The summed E-state index contributed by atoms with van der Waals surface area (Å²) in [5.41, 5.74) is 2.54. The number of rotatable bonds is 5. The first-order valence-electron chi connectivity index (χ1n) is 7.52. The van der Waals surface area contributed by atoms with Crippen LogP contribution in [0.5, 0.6) is 0 Å². The summed E-state index contributed by atoms with van der Waals surface area (Å²) in [6.07, 6.45) is 1.98. The normalized spacial score (nSPS) is 11.9. The quantitative estimate of drug-likeness (QED) is 0.741. The summed E-state index contributed by atoms with van der Waals surface area (Å²) in [5.74, 6) is -0.0691. The summed E-state index contributed by atoms with van der Waals surface area (Å²) in [7, 11) is 0. The van der Waals surface area contributed by atoms with Crippen molar-refractivity contribution in [3.63, 3.8) is 0 Å². The molecule has 0 saturated heterocycles. The topological polar surface area (TPSA) is 54.9 Å². The van der Waals surface area contributed by atoms with Gasteiger partial charge in [0.25, 0.3) is 0 Å². The molecule has 0 aliphatic carbocycles. The number of benzene rings is 1. The number of amides is 1. The smallest absolute Gasteiger partial charge is 0.226 e. The lowest BCUT2D eigenvalue weighted by Crippen LogP contribution is -2.28. The Morgan fingerprint density at radius 1 is 1.29 bits per heavy atom. The molecule has 1 aromatic carbocycles. The fraction of sp³-hybridized carbons (Fsp3) is 0.167. The van der Waals surface area contributed by atoms with Gasteiger partial charge in [0.05, 0.1) is 23.9 Å². The summed E-state index contributed by atoms with van der Waals surface area (Å²) >= 11 is 7.48. The number of hydrogen-bond acceptors (Lipinski definition) is 4. The number of nitrogens with zero attached hydrogens (tertiary/aromatic N) is 2. The van der Waals surface area contributed by atoms with Crippen LogP contribution in [0.1, 0.15) is 24.2 Å². The molecule has 1 amide bonds. The van der Waals surface area contributed by atoms with Crippen molar-refractivity contribution in [3.05, 3.63) is 70.3 Å². The maximum absolute atomic E-state index is 12.2. The van der Waals surface area contributed by atoms with E-state index < -0.39 is 0 Å². The lowest BCUT2D eigenvalue weighted by atomic mass is 10.1. The number of thiazole rings is 1. The Labute approximate surface area is 149 Å². The van der Waals surface area contributed by atoms with E-state index in [9.17, 15) is 4.79 Å². The molecule has 0 bridgehead atoms. The van der Waals surface area contributed by atoms with Crippen molar-refractivity contribution < 1.29 is 4.79 Å². The van der Waals surface area contributed by atoms with Gasteiger partial charge in [-0.15, -0.1) is 11.3 Å². The van der Waals surface area contributed by atoms with Crippen LogP contribution in [0.2, 0.25) is 5.02 Å². The maximum Gasteiger partial charge on any atom is 0.226 e. The van der Waals surface area contributed by atoms with Crippen molar-refractivity contribution in [2.45, 2.75) is 19.4 Å². The van der Waals surface area contributed by atoms with Crippen molar-refractivity contribution in [1.29, 1.82) is 0 Å². The van der Waals surface area contributed by atoms with Crippen molar-refractivity contribution in [2.75, 3.05) is 0 Å². The Bertz CT molecular complexity index is 835. The zero-order valence-corrected chi connectivity index (χ0v) is 14.6. The standard InChI is InChI=1S/C18H16ClN3OS/c1-12(13-5-4-6-14(19)9-13)21-17(23)10-15-11-24-18(22-15)16-7-2-3-8-20-16/h2-9,11-12H,10H2,1H3,(H,21,23). The molecule has 0 fully saturated rings. The predicted molar refractivity (Wildman–Crippen MR) is 97.1 cm³/mol.